The first kappa shape index (κ1) is 15.0. The van der Waals surface area contributed by atoms with Crippen LogP contribution in [-0.2, 0) is 11.3 Å². The van der Waals surface area contributed by atoms with E-state index in [2.05, 4.69) is 17.0 Å². The van der Waals surface area contributed by atoms with E-state index in [4.69, 9.17) is 4.74 Å². The van der Waals surface area contributed by atoms with Crippen LogP contribution in [0.5, 0.6) is 0 Å². The molecule has 0 bridgehead atoms. The Labute approximate surface area is 120 Å². The summed E-state index contributed by atoms with van der Waals surface area (Å²) in [5.74, 6) is 0.0268. The van der Waals surface area contributed by atoms with Crippen molar-refractivity contribution in [3.05, 3.63) is 18.0 Å². The molecule has 0 radical (unpaired) electrons. The number of aryl methyl sites for hydroxylation is 1. The van der Waals surface area contributed by atoms with Gasteiger partial charge in [-0.3, -0.25) is 14.4 Å². The highest BCUT2D eigenvalue weighted by atomic mass is 16.5. The summed E-state index contributed by atoms with van der Waals surface area (Å²) in [6, 6.07) is 0.357. The molecule has 6 heteroatoms. The number of hydrogen-bond donors (Lipinski definition) is 0. The van der Waals surface area contributed by atoms with Gasteiger partial charge in [0.1, 0.15) is 0 Å². The smallest absolute Gasteiger partial charge is 0.256 e. The molecule has 0 unspecified atom stereocenters. The van der Waals surface area contributed by atoms with Gasteiger partial charge in [0.15, 0.2) is 0 Å². The first-order valence-corrected chi connectivity index (χ1v) is 7.06. The topological polar surface area (TPSA) is 50.6 Å². The maximum atomic E-state index is 12.3. The third-order valence-electron chi connectivity index (χ3n) is 4.02. The third-order valence-corrected chi connectivity index (χ3v) is 4.02. The molecule has 0 N–H and O–H groups in total. The number of methoxy groups -OCH3 is 1. The summed E-state index contributed by atoms with van der Waals surface area (Å²) in [4.78, 5) is 16.4. The molecular weight excluding hydrogens is 256 g/mol. The minimum absolute atomic E-state index is 0.0268. The van der Waals surface area contributed by atoms with Gasteiger partial charge in [-0.1, -0.05) is 0 Å². The van der Waals surface area contributed by atoms with Crippen LogP contribution in [-0.4, -0.2) is 71.9 Å². The number of carbonyl (C=O) groups excluding carboxylic acids is 1. The van der Waals surface area contributed by atoms with E-state index < -0.39 is 0 Å². The van der Waals surface area contributed by atoms with Crippen molar-refractivity contribution in [1.82, 2.24) is 19.6 Å². The predicted octanol–water partition coefficient (Wildman–Crippen LogP) is 0.694. The SMILES string of the molecule is CCn1cc(C(=O)N(C)C[C@@H]2C[C@H](OC)CN2C)cn1. The number of hydrogen-bond acceptors (Lipinski definition) is 4. The van der Waals surface area contributed by atoms with E-state index in [0.29, 0.717) is 18.2 Å². The Bertz CT molecular complexity index is 460. The first-order chi connectivity index (χ1) is 9.55. The summed E-state index contributed by atoms with van der Waals surface area (Å²) in [7, 11) is 5.67. The van der Waals surface area contributed by atoms with Crippen LogP contribution >= 0.6 is 0 Å². The molecule has 2 heterocycles. The Morgan fingerprint density at radius 1 is 1.60 bits per heavy atom. The number of likely N-dealkylation sites (tertiary alicyclic amines) is 1. The molecule has 1 aliphatic heterocycles. The minimum Gasteiger partial charge on any atom is -0.380 e. The van der Waals surface area contributed by atoms with E-state index >= 15 is 0 Å². The second kappa shape index (κ2) is 6.37. The van der Waals surface area contributed by atoms with E-state index in [1.165, 1.54) is 0 Å². The Morgan fingerprint density at radius 2 is 2.35 bits per heavy atom. The highest BCUT2D eigenvalue weighted by Gasteiger charge is 2.31. The molecule has 2 rings (SSSR count). The third kappa shape index (κ3) is 3.19. The average molecular weight is 280 g/mol. The van der Waals surface area contributed by atoms with Crippen LogP contribution in [0.3, 0.4) is 0 Å². The fourth-order valence-corrected chi connectivity index (χ4v) is 2.68. The number of nitrogens with zero attached hydrogens (tertiary/aromatic N) is 4. The van der Waals surface area contributed by atoms with Crippen molar-refractivity contribution in [3.8, 4) is 0 Å². The number of aromatic nitrogens is 2. The van der Waals surface area contributed by atoms with Crippen LogP contribution in [0.2, 0.25) is 0 Å². The van der Waals surface area contributed by atoms with Gasteiger partial charge in [0.25, 0.3) is 5.91 Å². The lowest BCUT2D eigenvalue weighted by atomic mass is 10.2. The highest BCUT2D eigenvalue weighted by Crippen LogP contribution is 2.19. The number of carbonyl (C=O) groups is 1. The predicted molar refractivity (Wildman–Crippen MR) is 76.7 cm³/mol. The zero-order valence-corrected chi connectivity index (χ0v) is 12.7. The second-order valence-electron chi connectivity index (χ2n) is 5.46. The van der Waals surface area contributed by atoms with Gasteiger partial charge in [-0.05, 0) is 20.4 Å². The zero-order valence-electron chi connectivity index (χ0n) is 12.7. The van der Waals surface area contributed by atoms with Crippen molar-refractivity contribution in [1.29, 1.82) is 0 Å². The molecule has 20 heavy (non-hydrogen) atoms. The Morgan fingerprint density at radius 3 is 2.90 bits per heavy atom. The molecule has 112 valence electrons. The van der Waals surface area contributed by atoms with Gasteiger partial charge in [-0.15, -0.1) is 0 Å². The second-order valence-corrected chi connectivity index (χ2v) is 5.46. The Kier molecular flexibility index (Phi) is 4.77. The fraction of sp³-hybridized carbons (Fsp3) is 0.714. The number of ether oxygens (including phenoxy) is 1. The Balaban J connectivity index is 1.94. The normalized spacial score (nSPS) is 23.2. The van der Waals surface area contributed by atoms with Gasteiger partial charge < -0.3 is 9.64 Å². The van der Waals surface area contributed by atoms with Gasteiger partial charge in [0.2, 0.25) is 0 Å². The molecule has 0 spiro atoms. The maximum absolute atomic E-state index is 12.3. The van der Waals surface area contributed by atoms with Gasteiger partial charge in [0.05, 0.1) is 17.9 Å². The lowest BCUT2D eigenvalue weighted by Gasteiger charge is -2.25. The van der Waals surface area contributed by atoms with Gasteiger partial charge >= 0.3 is 0 Å². The molecule has 1 aliphatic rings. The summed E-state index contributed by atoms with van der Waals surface area (Å²) in [6.07, 6.45) is 4.68. The first-order valence-electron chi connectivity index (χ1n) is 7.06. The van der Waals surface area contributed by atoms with E-state index in [1.54, 1.807) is 29.1 Å². The van der Waals surface area contributed by atoms with Gasteiger partial charge in [0, 0.05) is 46.0 Å². The van der Waals surface area contributed by atoms with Crippen molar-refractivity contribution in [2.24, 2.45) is 0 Å². The molecule has 1 fully saturated rings. The summed E-state index contributed by atoms with van der Waals surface area (Å²) < 4.78 is 7.17. The molecule has 2 atom stereocenters. The van der Waals surface area contributed by atoms with E-state index in [1.807, 2.05) is 14.0 Å². The molecular formula is C14H24N4O2. The van der Waals surface area contributed by atoms with Crippen LogP contribution in [0.4, 0.5) is 0 Å². The van der Waals surface area contributed by atoms with Crippen molar-refractivity contribution in [2.45, 2.75) is 32.0 Å². The van der Waals surface area contributed by atoms with Crippen LogP contribution in [0.15, 0.2) is 12.4 Å². The zero-order chi connectivity index (χ0) is 14.7. The molecule has 1 saturated heterocycles. The van der Waals surface area contributed by atoms with Crippen LogP contribution < -0.4 is 0 Å². The minimum atomic E-state index is 0.0268. The molecule has 0 aliphatic carbocycles. The number of likely N-dealkylation sites (N-methyl/N-ethyl adjacent to an activating group) is 2. The number of rotatable bonds is 5. The summed E-state index contributed by atoms with van der Waals surface area (Å²) in [5, 5.41) is 4.15. The van der Waals surface area contributed by atoms with Gasteiger partial charge in [-0.2, -0.15) is 5.10 Å². The number of amides is 1. The average Bonchev–Trinajstić information content (AvgIpc) is 3.05. The van der Waals surface area contributed by atoms with Crippen molar-refractivity contribution < 1.29 is 9.53 Å². The monoisotopic (exact) mass is 280 g/mol. The van der Waals surface area contributed by atoms with Crippen molar-refractivity contribution in [2.75, 3.05) is 34.3 Å². The molecule has 6 nitrogen and oxygen atoms in total. The van der Waals surface area contributed by atoms with E-state index in [-0.39, 0.29) is 12.0 Å². The molecule has 1 aromatic heterocycles. The molecule has 1 amide bonds. The summed E-state index contributed by atoms with van der Waals surface area (Å²) >= 11 is 0. The van der Waals surface area contributed by atoms with Crippen LogP contribution in [0.1, 0.15) is 23.7 Å². The van der Waals surface area contributed by atoms with Gasteiger partial charge in [-0.25, -0.2) is 0 Å². The standard InChI is InChI=1S/C14H24N4O2/c1-5-18-8-11(7-15-18)14(19)17(3)9-12-6-13(20-4)10-16(12)2/h7-8,12-13H,5-6,9-10H2,1-4H3/t12-,13-/m0/s1. The molecule has 0 saturated carbocycles. The van der Waals surface area contributed by atoms with E-state index in [0.717, 1.165) is 19.5 Å². The lowest BCUT2D eigenvalue weighted by molar-refractivity contribution is 0.0760. The maximum Gasteiger partial charge on any atom is 0.256 e. The summed E-state index contributed by atoms with van der Waals surface area (Å²) in [6.45, 7) is 4.42. The van der Waals surface area contributed by atoms with Crippen LogP contribution in [0, 0.1) is 0 Å². The van der Waals surface area contributed by atoms with Crippen molar-refractivity contribution >= 4 is 5.91 Å². The lowest BCUT2D eigenvalue weighted by Crippen LogP contribution is -2.39. The Hall–Kier alpha value is -1.40. The van der Waals surface area contributed by atoms with Crippen molar-refractivity contribution in [3.63, 3.8) is 0 Å². The van der Waals surface area contributed by atoms with E-state index in [9.17, 15) is 4.79 Å². The fourth-order valence-electron chi connectivity index (χ4n) is 2.68. The highest BCUT2D eigenvalue weighted by molar-refractivity contribution is 5.93. The largest absolute Gasteiger partial charge is 0.380 e. The molecule has 0 aromatic carbocycles. The summed E-state index contributed by atoms with van der Waals surface area (Å²) in [5.41, 5.74) is 0.651. The molecule has 1 aromatic rings. The van der Waals surface area contributed by atoms with Crippen LogP contribution in [0.25, 0.3) is 0 Å². The quantitative estimate of drug-likeness (QED) is 0.796.